The van der Waals surface area contributed by atoms with Crippen LogP contribution in [0.5, 0.6) is 5.75 Å². The number of nitrogens with one attached hydrogen (secondary N) is 2. The van der Waals surface area contributed by atoms with E-state index in [1.54, 1.807) is 30.3 Å². The Bertz CT molecular complexity index is 1240. The van der Waals surface area contributed by atoms with Gasteiger partial charge in [-0.2, -0.15) is 5.10 Å². The second kappa shape index (κ2) is 7.75. The van der Waals surface area contributed by atoms with Gasteiger partial charge in [0.2, 0.25) is 0 Å². The third-order valence-electron chi connectivity index (χ3n) is 4.46. The molecule has 0 radical (unpaired) electrons. The number of rotatable bonds is 4. The molecule has 0 unspecified atom stereocenters. The standard InChI is InChI=1S/C22H14F3N3O2/c23-13-6-9-20(29)16(10-13)19-11-18(27-28-19)12-4-7-14(8-5-12)26-22(30)15-2-1-3-17(24)21(15)25/h1-11,29H,(H,26,30)(H,27,28). The summed E-state index contributed by atoms with van der Waals surface area (Å²) < 4.78 is 40.5. The van der Waals surface area contributed by atoms with E-state index in [1.807, 2.05) is 0 Å². The second-order valence-corrected chi connectivity index (χ2v) is 6.46. The Morgan fingerprint density at radius 3 is 2.50 bits per heavy atom. The number of H-pyrrole nitrogens is 1. The van der Waals surface area contributed by atoms with Gasteiger partial charge in [-0.1, -0.05) is 18.2 Å². The lowest BCUT2D eigenvalue weighted by molar-refractivity contribution is 0.102. The van der Waals surface area contributed by atoms with E-state index in [9.17, 15) is 23.1 Å². The molecule has 30 heavy (non-hydrogen) atoms. The molecule has 3 aromatic carbocycles. The predicted molar refractivity (Wildman–Crippen MR) is 105 cm³/mol. The van der Waals surface area contributed by atoms with Crippen LogP contribution in [0.1, 0.15) is 10.4 Å². The van der Waals surface area contributed by atoms with Crippen molar-refractivity contribution >= 4 is 11.6 Å². The molecule has 8 heteroatoms. The fourth-order valence-corrected chi connectivity index (χ4v) is 2.93. The molecule has 0 bridgehead atoms. The first-order chi connectivity index (χ1) is 14.4. The monoisotopic (exact) mass is 409 g/mol. The number of halogens is 3. The molecule has 0 saturated carbocycles. The number of hydrogen-bond acceptors (Lipinski definition) is 3. The molecule has 1 heterocycles. The van der Waals surface area contributed by atoms with Gasteiger partial charge in [0, 0.05) is 16.8 Å². The molecule has 1 amide bonds. The van der Waals surface area contributed by atoms with Crippen LogP contribution in [0.4, 0.5) is 18.9 Å². The normalized spacial score (nSPS) is 10.8. The molecule has 4 rings (SSSR count). The van der Waals surface area contributed by atoms with Gasteiger partial charge in [-0.05, 0) is 48.5 Å². The summed E-state index contributed by atoms with van der Waals surface area (Å²) in [7, 11) is 0. The van der Waals surface area contributed by atoms with E-state index in [0.717, 1.165) is 12.1 Å². The van der Waals surface area contributed by atoms with E-state index < -0.39 is 28.9 Å². The second-order valence-electron chi connectivity index (χ2n) is 6.46. The third kappa shape index (κ3) is 3.75. The molecule has 0 fully saturated rings. The molecular weight excluding hydrogens is 395 g/mol. The Hall–Kier alpha value is -4.07. The third-order valence-corrected chi connectivity index (χ3v) is 4.46. The minimum atomic E-state index is -1.21. The number of carbonyl (C=O) groups excluding carboxylic acids is 1. The van der Waals surface area contributed by atoms with Crippen molar-refractivity contribution in [1.29, 1.82) is 0 Å². The van der Waals surface area contributed by atoms with E-state index in [2.05, 4.69) is 15.5 Å². The van der Waals surface area contributed by atoms with Crippen LogP contribution in [0.3, 0.4) is 0 Å². The first kappa shape index (κ1) is 19.3. The number of benzene rings is 3. The smallest absolute Gasteiger partial charge is 0.258 e. The Kier molecular flexibility index (Phi) is 4.97. The van der Waals surface area contributed by atoms with Gasteiger partial charge < -0.3 is 10.4 Å². The summed E-state index contributed by atoms with van der Waals surface area (Å²) in [6, 6.07) is 15.1. The van der Waals surface area contributed by atoms with Crippen LogP contribution in [0.2, 0.25) is 0 Å². The highest BCUT2D eigenvalue weighted by Crippen LogP contribution is 2.31. The van der Waals surface area contributed by atoms with Crippen LogP contribution in [0, 0.1) is 17.5 Å². The Morgan fingerprint density at radius 2 is 1.73 bits per heavy atom. The zero-order chi connectivity index (χ0) is 21.3. The van der Waals surface area contributed by atoms with Gasteiger partial charge in [0.25, 0.3) is 5.91 Å². The van der Waals surface area contributed by atoms with Crippen LogP contribution in [0.15, 0.2) is 66.7 Å². The fourth-order valence-electron chi connectivity index (χ4n) is 2.93. The highest BCUT2D eigenvalue weighted by atomic mass is 19.2. The number of aromatic nitrogens is 2. The zero-order valence-electron chi connectivity index (χ0n) is 15.3. The lowest BCUT2D eigenvalue weighted by atomic mass is 10.1. The van der Waals surface area contributed by atoms with Crippen molar-refractivity contribution < 1.29 is 23.1 Å². The predicted octanol–water partition coefficient (Wildman–Crippen LogP) is 5.12. The highest BCUT2D eigenvalue weighted by Gasteiger charge is 2.15. The van der Waals surface area contributed by atoms with Gasteiger partial charge in [0.1, 0.15) is 11.6 Å². The maximum atomic E-state index is 13.7. The average molecular weight is 409 g/mol. The van der Waals surface area contributed by atoms with E-state index in [4.69, 9.17) is 0 Å². The van der Waals surface area contributed by atoms with Gasteiger partial charge in [0.05, 0.1) is 17.0 Å². The number of hydrogen-bond donors (Lipinski definition) is 3. The van der Waals surface area contributed by atoms with Crippen molar-refractivity contribution in [3.05, 3.63) is 89.7 Å². The first-order valence-electron chi connectivity index (χ1n) is 8.82. The largest absolute Gasteiger partial charge is 0.507 e. The number of aromatic hydroxyl groups is 1. The van der Waals surface area contributed by atoms with Gasteiger partial charge in [-0.15, -0.1) is 0 Å². The molecule has 0 aliphatic carbocycles. The lowest BCUT2D eigenvalue weighted by Crippen LogP contribution is -2.14. The highest BCUT2D eigenvalue weighted by molar-refractivity contribution is 6.04. The molecule has 1 aromatic heterocycles. The van der Waals surface area contributed by atoms with Crippen LogP contribution in [-0.2, 0) is 0 Å². The average Bonchev–Trinajstić information content (AvgIpc) is 3.22. The number of anilines is 1. The summed E-state index contributed by atoms with van der Waals surface area (Å²) >= 11 is 0. The van der Waals surface area contributed by atoms with Crippen molar-refractivity contribution in [1.82, 2.24) is 10.2 Å². The van der Waals surface area contributed by atoms with Gasteiger partial charge in [-0.25, -0.2) is 13.2 Å². The zero-order valence-corrected chi connectivity index (χ0v) is 15.3. The van der Waals surface area contributed by atoms with Crippen molar-refractivity contribution in [2.24, 2.45) is 0 Å². The number of phenolic OH excluding ortho intramolecular Hbond substituents is 1. The molecule has 0 spiro atoms. The SMILES string of the molecule is O=C(Nc1ccc(-c2cc(-c3cc(F)ccc3O)[nH]n2)cc1)c1cccc(F)c1F. The topological polar surface area (TPSA) is 78.0 Å². The number of phenols is 1. The summed E-state index contributed by atoms with van der Waals surface area (Å²) in [5.74, 6) is -3.67. The summed E-state index contributed by atoms with van der Waals surface area (Å²) in [5, 5.41) is 19.3. The maximum absolute atomic E-state index is 13.7. The Labute approximate surface area is 168 Å². The summed E-state index contributed by atoms with van der Waals surface area (Å²) in [4.78, 5) is 12.2. The summed E-state index contributed by atoms with van der Waals surface area (Å²) in [5.41, 5.74) is 1.90. The van der Waals surface area contributed by atoms with Crippen LogP contribution >= 0.6 is 0 Å². The lowest BCUT2D eigenvalue weighted by Gasteiger charge is -2.07. The number of carbonyl (C=O) groups is 1. The van der Waals surface area contributed by atoms with Crippen LogP contribution in [-0.4, -0.2) is 21.2 Å². The molecule has 0 atom stereocenters. The summed E-state index contributed by atoms with van der Waals surface area (Å²) in [6.45, 7) is 0. The van der Waals surface area contributed by atoms with E-state index in [-0.39, 0.29) is 11.3 Å². The van der Waals surface area contributed by atoms with Crippen LogP contribution < -0.4 is 5.32 Å². The number of amides is 1. The van der Waals surface area contributed by atoms with Crippen LogP contribution in [0.25, 0.3) is 22.5 Å². The fraction of sp³-hybridized carbons (Fsp3) is 0. The quantitative estimate of drug-likeness (QED) is 0.438. The minimum Gasteiger partial charge on any atom is -0.507 e. The van der Waals surface area contributed by atoms with Crippen molar-refractivity contribution in [3.63, 3.8) is 0 Å². The van der Waals surface area contributed by atoms with Crippen molar-refractivity contribution in [2.75, 3.05) is 5.32 Å². The maximum Gasteiger partial charge on any atom is 0.258 e. The Balaban J connectivity index is 1.53. The minimum absolute atomic E-state index is 0.0887. The van der Waals surface area contributed by atoms with Gasteiger partial charge >= 0.3 is 0 Å². The van der Waals surface area contributed by atoms with E-state index in [1.165, 1.54) is 24.3 Å². The first-order valence-corrected chi connectivity index (χ1v) is 8.82. The van der Waals surface area contributed by atoms with Gasteiger partial charge in [0.15, 0.2) is 11.6 Å². The van der Waals surface area contributed by atoms with E-state index >= 15 is 0 Å². The molecule has 0 aliphatic heterocycles. The summed E-state index contributed by atoms with van der Waals surface area (Å²) in [6.07, 6.45) is 0. The van der Waals surface area contributed by atoms with Crippen molar-refractivity contribution in [2.45, 2.75) is 0 Å². The molecule has 0 aliphatic rings. The number of nitrogens with zero attached hydrogens (tertiary/aromatic N) is 1. The number of aromatic amines is 1. The van der Waals surface area contributed by atoms with Crippen molar-refractivity contribution in [3.8, 4) is 28.3 Å². The molecule has 5 nitrogen and oxygen atoms in total. The van der Waals surface area contributed by atoms with Gasteiger partial charge in [-0.3, -0.25) is 9.89 Å². The molecule has 4 aromatic rings. The molecule has 150 valence electrons. The van der Waals surface area contributed by atoms with E-state index in [0.29, 0.717) is 22.6 Å². The Morgan fingerprint density at radius 1 is 0.967 bits per heavy atom. The molecule has 3 N–H and O–H groups in total. The molecule has 0 saturated heterocycles. The molecular formula is C22H14F3N3O2.